The van der Waals surface area contributed by atoms with Crippen LogP contribution in [0.2, 0.25) is 0 Å². The van der Waals surface area contributed by atoms with E-state index in [0.717, 1.165) is 45.1 Å². The maximum absolute atomic E-state index is 11.8. The van der Waals surface area contributed by atoms with Crippen molar-refractivity contribution in [3.8, 4) is 0 Å². The number of nitrogens with one attached hydrogen (secondary N) is 1. The van der Waals surface area contributed by atoms with Crippen LogP contribution < -0.4 is 11.1 Å². The monoisotopic (exact) mass is 240 g/mol. The van der Waals surface area contributed by atoms with Crippen LogP contribution in [0.3, 0.4) is 0 Å². The molecule has 3 N–H and O–H groups in total. The summed E-state index contributed by atoms with van der Waals surface area (Å²) in [6, 6.07) is 0. The molecule has 1 amide bonds. The van der Waals surface area contributed by atoms with Crippen molar-refractivity contribution in [2.45, 2.75) is 45.4 Å². The molecule has 0 aromatic carbocycles. The number of hydrogen-bond donors (Lipinski definition) is 2. The molecule has 1 fully saturated rings. The number of carbonyl (C=O) groups is 2. The van der Waals surface area contributed by atoms with E-state index in [0.29, 0.717) is 6.54 Å². The molecule has 0 aliphatic heterocycles. The fraction of sp³-hybridized carbons (Fsp3) is 0.846. The van der Waals surface area contributed by atoms with Crippen molar-refractivity contribution < 1.29 is 9.59 Å². The molecular weight excluding hydrogens is 216 g/mol. The minimum atomic E-state index is 0.114. The molecule has 0 saturated heterocycles. The molecule has 0 atom stereocenters. The second-order valence-corrected chi connectivity index (χ2v) is 4.95. The summed E-state index contributed by atoms with van der Waals surface area (Å²) < 4.78 is 0. The van der Waals surface area contributed by atoms with Crippen molar-refractivity contribution in [2.75, 3.05) is 13.1 Å². The normalized spacial score (nSPS) is 24.4. The Labute approximate surface area is 103 Å². The lowest BCUT2D eigenvalue weighted by Gasteiger charge is -2.26. The molecule has 0 bridgehead atoms. The Hall–Kier alpha value is -0.900. The van der Waals surface area contributed by atoms with Gasteiger partial charge in [0.05, 0.1) is 0 Å². The Morgan fingerprint density at radius 3 is 2.24 bits per heavy atom. The van der Waals surface area contributed by atoms with E-state index in [-0.39, 0.29) is 23.5 Å². The molecule has 0 aromatic rings. The van der Waals surface area contributed by atoms with Crippen LogP contribution in [0.1, 0.15) is 45.4 Å². The van der Waals surface area contributed by atoms with Gasteiger partial charge in [0.1, 0.15) is 5.78 Å². The molecule has 4 nitrogen and oxygen atoms in total. The van der Waals surface area contributed by atoms with Crippen LogP contribution in [0.15, 0.2) is 0 Å². The first kappa shape index (κ1) is 14.2. The minimum absolute atomic E-state index is 0.114. The van der Waals surface area contributed by atoms with Crippen LogP contribution in [0.25, 0.3) is 0 Å². The second-order valence-electron chi connectivity index (χ2n) is 4.95. The molecule has 4 heteroatoms. The molecule has 0 unspecified atom stereocenters. The molecule has 0 aromatic heterocycles. The van der Waals surface area contributed by atoms with Gasteiger partial charge in [-0.15, -0.1) is 0 Å². The van der Waals surface area contributed by atoms with Gasteiger partial charge in [0, 0.05) is 18.4 Å². The van der Waals surface area contributed by atoms with Crippen LogP contribution in [0.5, 0.6) is 0 Å². The summed E-state index contributed by atoms with van der Waals surface area (Å²) in [7, 11) is 0. The topological polar surface area (TPSA) is 72.2 Å². The molecule has 1 aliphatic rings. The standard InChI is InChI=1S/C13H24N2O2/c1-10(16)11-4-6-12(7-5-11)13(17)15-9-3-2-8-14/h11-12H,2-9,14H2,1H3,(H,15,17). The lowest BCUT2D eigenvalue weighted by molar-refractivity contribution is -0.128. The molecule has 98 valence electrons. The average molecular weight is 240 g/mol. The largest absolute Gasteiger partial charge is 0.356 e. The van der Waals surface area contributed by atoms with Gasteiger partial charge in [0.15, 0.2) is 0 Å². The van der Waals surface area contributed by atoms with E-state index < -0.39 is 0 Å². The van der Waals surface area contributed by atoms with Crippen molar-refractivity contribution in [3.05, 3.63) is 0 Å². The zero-order valence-electron chi connectivity index (χ0n) is 10.7. The molecule has 0 heterocycles. The van der Waals surface area contributed by atoms with Gasteiger partial charge in [-0.1, -0.05) is 0 Å². The van der Waals surface area contributed by atoms with Crippen LogP contribution >= 0.6 is 0 Å². The van der Waals surface area contributed by atoms with Gasteiger partial charge >= 0.3 is 0 Å². The fourth-order valence-electron chi connectivity index (χ4n) is 2.39. The SMILES string of the molecule is CC(=O)C1CCC(C(=O)NCCCCN)CC1. The predicted molar refractivity (Wildman–Crippen MR) is 67.4 cm³/mol. The van der Waals surface area contributed by atoms with E-state index in [2.05, 4.69) is 5.32 Å². The Morgan fingerprint density at radius 1 is 1.12 bits per heavy atom. The van der Waals surface area contributed by atoms with Crippen molar-refractivity contribution in [1.82, 2.24) is 5.32 Å². The molecule has 0 radical (unpaired) electrons. The smallest absolute Gasteiger partial charge is 0.223 e. The van der Waals surface area contributed by atoms with Gasteiger partial charge in [0.25, 0.3) is 0 Å². The molecule has 1 aliphatic carbocycles. The van der Waals surface area contributed by atoms with Crippen molar-refractivity contribution >= 4 is 11.7 Å². The summed E-state index contributed by atoms with van der Waals surface area (Å²) in [5, 5.41) is 2.95. The highest BCUT2D eigenvalue weighted by atomic mass is 16.2. The third kappa shape index (κ3) is 4.86. The summed E-state index contributed by atoms with van der Waals surface area (Å²) in [5.41, 5.74) is 5.39. The van der Waals surface area contributed by atoms with E-state index in [1.165, 1.54) is 0 Å². The third-order valence-corrected chi connectivity index (χ3v) is 3.60. The Bertz CT molecular complexity index is 258. The van der Waals surface area contributed by atoms with Crippen molar-refractivity contribution in [2.24, 2.45) is 17.6 Å². The zero-order chi connectivity index (χ0) is 12.7. The van der Waals surface area contributed by atoms with Gasteiger partial charge in [0.2, 0.25) is 5.91 Å². The van der Waals surface area contributed by atoms with E-state index in [4.69, 9.17) is 5.73 Å². The number of ketones is 1. The second kappa shape index (κ2) is 7.43. The first-order valence-corrected chi connectivity index (χ1v) is 6.63. The highest BCUT2D eigenvalue weighted by Gasteiger charge is 2.27. The lowest BCUT2D eigenvalue weighted by atomic mass is 9.80. The van der Waals surface area contributed by atoms with Crippen LogP contribution in [0.4, 0.5) is 0 Å². The van der Waals surface area contributed by atoms with E-state index in [9.17, 15) is 9.59 Å². The summed E-state index contributed by atoms with van der Waals surface area (Å²) in [6.45, 7) is 3.06. The number of rotatable bonds is 6. The summed E-state index contributed by atoms with van der Waals surface area (Å²) in [4.78, 5) is 23.0. The number of nitrogens with two attached hydrogens (primary N) is 1. The minimum Gasteiger partial charge on any atom is -0.356 e. The van der Waals surface area contributed by atoms with Gasteiger partial charge in [-0.25, -0.2) is 0 Å². The maximum atomic E-state index is 11.8. The maximum Gasteiger partial charge on any atom is 0.223 e. The predicted octanol–water partition coefficient (Wildman–Crippen LogP) is 1.24. The Morgan fingerprint density at radius 2 is 1.71 bits per heavy atom. The van der Waals surface area contributed by atoms with Crippen LogP contribution in [-0.4, -0.2) is 24.8 Å². The van der Waals surface area contributed by atoms with Gasteiger partial charge in [-0.05, 0) is 52.0 Å². The van der Waals surface area contributed by atoms with E-state index in [1.807, 2.05) is 0 Å². The fourth-order valence-corrected chi connectivity index (χ4v) is 2.39. The Kier molecular flexibility index (Phi) is 6.19. The van der Waals surface area contributed by atoms with E-state index in [1.54, 1.807) is 6.92 Å². The van der Waals surface area contributed by atoms with Gasteiger partial charge in [-0.3, -0.25) is 9.59 Å². The Balaban J connectivity index is 2.19. The van der Waals surface area contributed by atoms with Crippen molar-refractivity contribution in [3.63, 3.8) is 0 Å². The van der Waals surface area contributed by atoms with Gasteiger partial charge in [-0.2, -0.15) is 0 Å². The van der Waals surface area contributed by atoms with Crippen LogP contribution in [-0.2, 0) is 9.59 Å². The number of amides is 1. The van der Waals surface area contributed by atoms with Crippen molar-refractivity contribution in [1.29, 1.82) is 0 Å². The highest BCUT2D eigenvalue weighted by Crippen LogP contribution is 2.29. The highest BCUT2D eigenvalue weighted by molar-refractivity contribution is 5.80. The molecular formula is C13H24N2O2. The molecule has 1 saturated carbocycles. The quantitative estimate of drug-likeness (QED) is 0.686. The number of unbranched alkanes of at least 4 members (excludes halogenated alkanes) is 1. The number of carbonyl (C=O) groups excluding carboxylic acids is 2. The zero-order valence-corrected chi connectivity index (χ0v) is 10.7. The first-order valence-electron chi connectivity index (χ1n) is 6.63. The summed E-state index contributed by atoms with van der Waals surface area (Å²) in [5.74, 6) is 0.732. The third-order valence-electron chi connectivity index (χ3n) is 3.60. The molecule has 17 heavy (non-hydrogen) atoms. The first-order chi connectivity index (χ1) is 8.15. The van der Waals surface area contributed by atoms with Crippen LogP contribution in [0, 0.1) is 11.8 Å². The molecule has 1 rings (SSSR count). The summed E-state index contributed by atoms with van der Waals surface area (Å²) in [6.07, 6.45) is 5.36. The number of hydrogen-bond acceptors (Lipinski definition) is 3. The van der Waals surface area contributed by atoms with E-state index >= 15 is 0 Å². The van der Waals surface area contributed by atoms with Gasteiger partial charge < -0.3 is 11.1 Å². The summed E-state index contributed by atoms with van der Waals surface area (Å²) >= 11 is 0. The molecule has 0 spiro atoms. The lowest BCUT2D eigenvalue weighted by Crippen LogP contribution is -2.34. The average Bonchev–Trinajstić information content (AvgIpc) is 2.34. The number of Topliss-reactive ketones (excluding diaryl/α,β-unsaturated/α-hetero) is 1.